The van der Waals surface area contributed by atoms with Crippen LogP contribution in [0.1, 0.15) is 10.4 Å². The lowest BCUT2D eigenvalue weighted by Crippen LogP contribution is -2.23. The highest BCUT2D eigenvalue weighted by Gasteiger charge is 2.14. The molecule has 1 aromatic heterocycles. The molecule has 3 aromatic rings. The maximum atomic E-state index is 12.7. The fourth-order valence-corrected chi connectivity index (χ4v) is 3.40. The van der Waals surface area contributed by atoms with E-state index in [9.17, 15) is 9.59 Å². The van der Waals surface area contributed by atoms with Crippen LogP contribution in [-0.2, 0) is 4.79 Å². The lowest BCUT2D eigenvalue weighted by molar-refractivity contribution is -0.125. The van der Waals surface area contributed by atoms with Crippen LogP contribution in [0.25, 0.3) is 11.4 Å². The van der Waals surface area contributed by atoms with Crippen LogP contribution in [0.15, 0.2) is 71.9 Å². The van der Waals surface area contributed by atoms with Crippen LogP contribution >= 0.6 is 11.8 Å². The first kappa shape index (κ1) is 19.6. The van der Waals surface area contributed by atoms with Crippen LogP contribution in [0.3, 0.4) is 0 Å². The number of carbonyl (C=O) groups excluding carboxylic acids is 2. The Kier molecular flexibility index (Phi) is 6.39. The van der Waals surface area contributed by atoms with Gasteiger partial charge in [0.1, 0.15) is 0 Å². The number of anilines is 1. The van der Waals surface area contributed by atoms with Gasteiger partial charge in [0.25, 0.3) is 5.91 Å². The minimum Gasteiger partial charge on any atom is -0.348 e. The molecule has 0 bridgehead atoms. The Morgan fingerprint density at radius 2 is 1.61 bits per heavy atom. The normalized spacial score (nSPS) is 10.4. The largest absolute Gasteiger partial charge is 0.348 e. The van der Waals surface area contributed by atoms with E-state index in [-0.39, 0.29) is 17.6 Å². The van der Waals surface area contributed by atoms with Gasteiger partial charge in [0.05, 0.1) is 29.4 Å². The van der Waals surface area contributed by atoms with Gasteiger partial charge in [0.15, 0.2) is 5.82 Å². The molecule has 0 aliphatic rings. The van der Waals surface area contributed by atoms with Crippen molar-refractivity contribution in [2.45, 2.75) is 4.90 Å². The number of aromatic nitrogens is 2. The average molecular weight is 392 g/mol. The Labute approximate surface area is 168 Å². The molecule has 142 valence electrons. The third-order valence-corrected chi connectivity index (χ3v) is 4.98. The number of nitrogens with zero attached hydrogens (tertiary/aromatic N) is 3. The van der Waals surface area contributed by atoms with Crippen LogP contribution in [0.5, 0.6) is 0 Å². The highest BCUT2D eigenvalue weighted by Crippen LogP contribution is 2.24. The van der Waals surface area contributed by atoms with Gasteiger partial charge in [0, 0.05) is 24.6 Å². The first-order valence-electron chi connectivity index (χ1n) is 8.65. The maximum Gasteiger partial charge on any atom is 0.256 e. The number of benzene rings is 2. The number of nitrogens with one attached hydrogen (secondary N) is 1. The van der Waals surface area contributed by atoms with Gasteiger partial charge in [-0.1, -0.05) is 42.5 Å². The summed E-state index contributed by atoms with van der Waals surface area (Å²) in [4.78, 5) is 35.4. The summed E-state index contributed by atoms with van der Waals surface area (Å²) in [5.74, 6) is 0.588. The molecule has 0 atom stereocenters. The van der Waals surface area contributed by atoms with Crippen molar-refractivity contribution in [3.05, 3.63) is 72.6 Å². The standard InChI is InChI=1S/C21H20N4O2S/c1-25(2)19(26)14-28-18-11-7-6-10-17(18)21(27)24-16-12-22-20(23-13-16)15-8-4-3-5-9-15/h3-13H,14H2,1-2H3,(H,24,27). The molecule has 0 radical (unpaired) electrons. The molecule has 1 heterocycles. The lowest BCUT2D eigenvalue weighted by Gasteiger charge is -2.12. The highest BCUT2D eigenvalue weighted by atomic mass is 32.2. The number of thioether (sulfide) groups is 1. The third kappa shape index (κ3) is 4.95. The fraction of sp³-hybridized carbons (Fsp3) is 0.143. The smallest absolute Gasteiger partial charge is 0.256 e. The number of rotatable bonds is 6. The Balaban J connectivity index is 1.70. The Morgan fingerprint density at radius 3 is 2.29 bits per heavy atom. The van der Waals surface area contributed by atoms with Crippen molar-refractivity contribution in [3.63, 3.8) is 0 Å². The molecule has 28 heavy (non-hydrogen) atoms. The van der Waals surface area contributed by atoms with Crippen molar-refractivity contribution in [1.82, 2.24) is 14.9 Å². The van der Waals surface area contributed by atoms with Crippen LogP contribution in [0, 0.1) is 0 Å². The maximum absolute atomic E-state index is 12.7. The monoisotopic (exact) mass is 392 g/mol. The predicted octanol–water partition coefficient (Wildman–Crippen LogP) is 3.58. The van der Waals surface area contributed by atoms with E-state index >= 15 is 0 Å². The molecule has 6 nitrogen and oxygen atoms in total. The zero-order chi connectivity index (χ0) is 19.9. The number of carbonyl (C=O) groups is 2. The quantitative estimate of drug-likeness (QED) is 0.649. The van der Waals surface area contributed by atoms with E-state index in [1.807, 2.05) is 42.5 Å². The van der Waals surface area contributed by atoms with Gasteiger partial charge in [0.2, 0.25) is 5.91 Å². The van der Waals surface area contributed by atoms with Crippen LogP contribution in [0.4, 0.5) is 5.69 Å². The Morgan fingerprint density at radius 1 is 0.964 bits per heavy atom. The van der Waals surface area contributed by atoms with Gasteiger partial charge in [-0.3, -0.25) is 9.59 Å². The molecule has 0 unspecified atom stereocenters. The SMILES string of the molecule is CN(C)C(=O)CSc1ccccc1C(=O)Nc1cnc(-c2ccccc2)nc1. The summed E-state index contributed by atoms with van der Waals surface area (Å²) >= 11 is 1.34. The fourth-order valence-electron chi connectivity index (χ4n) is 2.38. The summed E-state index contributed by atoms with van der Waals surface area (Å²) in [6.45, 7) is 0. The summed E-state index contributed by atoms with van der Waals surface area (Å²) in [6, 6.07) is 16.8. The van der Waals surface area contributed by atoms with Crippen molar-refractivity contribution >= 4 is 29.3 Å². The molecule has 0 aliphatic carbocycles. The summed E-state index contributed by atoms with van der Waals surface area (Å²) in [5.41, 5.74) is 1.92. The Hall–Kier alpha value is -3.19. The Bertz CT molecular complexity index is 960. The average Bonchev–Trinajstić information content (AvgIpc) is 2.73. The van der Waals surface area contributed by atoms with Crippen molar-refractivity contribution in [1.29, 1.82) is 0 Å². The first-order valence-corrected chi connectivity index (χ1v) is 9.64. The molecule has 2 aromatic carbocycles. The van der Waals surface area contributed by atoms with Gasteiger partial charge in [-0.2, -0.15) is 0 Å². The van der Waals surface area contributed by atoms with Crippen molar-refractivity contribution in [2.75, 3.05) is 25.2 Å². The van der Waals surface area contributed by atoms with Crippen molar-refractivity contribution < 1.29 is 9.59 Å². The molecule has 0 spiro atoms. The minimum absolute atomic E-state index is 0.00916. The molecule has 3 rings (SSSR count). The van der Waals surface area contributed by atoms with Gasteiger partial charge < -0.3 is 10.2 Å². The molecule has 0 saturated heterocycles. The highest BCUT2D eigenvalue weighted by molar-refractivity contribution is 8.00. The van der Waals surface area contributed by atoms with E-state index in [1.165, 1.54) is 16.7 Å². The zero-order valence-corrected chi connectivity index (χ0v) is 16.4. The van der Waals surface area contributed by atoms with E-state index < -0.39 is 0 Å². The molecule has 7 heteroatoms. The molecule has 0 fully saturated rings. The van der Waals surface area contributed by atoms with Crippen molar-refractivity contribution in [3.8, 4) is 11.4 Å². The first-order chi connectivity index (χ1) is 13.5. The van der Waals surface area contributed by atoms with Gasteiger partial charge in [-0.15, -0.1) is 11.8 Å². The van der Waals surface area contributed by atoms with E-state index in [4.69, 9.17) is 0 Å². The molecule has 1 N–H and O–H groups in total. The minimum atomic E-state index is -0.267. The van der Waals surface area contributed by atoms with E-state index in [0.717, 1.165) is 10.5 Å². The summed E-state index contributed by atoms with van der Waals surface area (Å²) < 4.78 is 0. The second kappa shape index (κ2) is 9.14. The lowest BCUT2D eigenvalue weighted by atomic mass is 10.2. The van der Waals surface area contributed by atoms with E-state index in [1.54, 1.807) is 38.6 Å². The van der Waals surface area contributed by atoms with Crippen LogP contribution in [-0.4, -0.2) is 46.5 Å². The number of amides is 2. The van der Waals surface area contributed by atoms with E-state index in [2.05, 4.69) is 15.3 Å². The van der Waals surface area contributed by atoms with E-state index in [0.29, 0.717) is 17.1 Å². The van der Waals surface area contributed by atoms with Gasteiger partial charge in [-0.25, -0.2) is 9.97 Å². The summed E-state index contributed by atoms with van der Waals surface area (Å²) in [7, 11) is 3.42. The zero-order valence-electron chi connectivity index (χ0n) is 15.6. The summed E-state index contributed by atoms with van der Waals surface area (Å²) in [5, 5.41) is 2.82. The molecule has 0 aliphatic heterocycles. The molecular weight excluding hydrogens is 372 g/mol. The number of hydrogen-bond acceptors (Lipinski definition) is 5. The second-order valence-electron chi connectivity index (χ2n) is 6.19. The van der Waals surface area contributed by atoms with Gasteiger partial charge in [-0.05, 0) is 12.1 Å². The second-order valence-corrected chi connectivity index (χ2v) is 7.21. The van der Waals surface area contributed by atoms with Gasteiger partial charge >= 0.3 is 0 Å². The van der Waals surface area contributed by atoms with Crippen LogP contribution in [0.2, 0.25) is 0 Å². The van der Waals surface area contributed by atoms with Crippen molar-refractivity contribution in [2.24, 2.45) is 0 Å². The van der Waals surface area contributed by atoms with Crippen LogP contribution < -0.4 is 5.32 Å². The topological polar surface area (TPSA) is 75.2 Å². The third-order valence-electron chi connectivity index (χ3n) is 3.92. The molecular formula is C21H20N4O2S. The number of hydrogen-bond donors (Lipinski definition) is 1. The molecule has 2 amide bonds. The summed E-state index contributed by atoms with van der Waals surface area (Å²) in [6.07, 6.45) is 3.16. The molecule has 0 saturated carbocycles. The predicted molar refractivity (Wildman–Crippen MR) is 111 cm³/mol.